The number of benzene rings is 1. The van der Waals surface area contributed by atoms with Crippen molar-refractivity contribution in [2.75, 3.05) is 5.32 Å². The number of rotatable bonds is 2. The SMILES string of the molecule is Cc1ccc(NC(=O)c2cnc3sccn3c2=O)cc1F. The lowest BCUT2D eigenvalue weighted by Crippen LogP contribution is -2.25. The number of amides is 1. The second kappa shape index (κ2) is 5.10. The van der Waals surface area contributed by atoms with Crippen LogP contribution in [0.2, 0.25) is 0 Å². The lowest BCUT2D eigenvalue weighted by Gasteiger charge is -2.06. The summed E-state index contributed by atoms with van der Waals surface area (Å²) >= 11 is 1.30. The van der Waals surface area contributed by atoms with Crippen LogP contribution in [0.25, 0.3) is 4.96 Å². The van der Waals surface area contributed by atoms with Crippen molar-refractivity contribution in [1.29, 1.82) is 0 Å². The van der Waals surface area contributed by atoms with E-state index in [1.165, 1.54) is 28.0 Å². The normalized spacial score (nSPS) is 10.8. The number of nitrogens with one attached hydrogen (secondary N) is 1. The van der Waals surface area contributed by atoms with Gasteiger partial charge < -0.3 is 5.32 Å². The van der Waals surface area contributed by atoms with Crippen LogP contribution in [0.3, 0.4) is 0 Å². The average Bonchev–Trinajstić information content (AvgIpc) is 2.92. The van der Waals surface area contributed by atoms with Gasteiger partial charge in [-0.1, -0.05) is 6.07 Å². The van der Waals surface area contributed by atoms with Crippen molar-refractivity contribution in [2.45, 2.75) is 6.92 Å². The number of hydrogen-bond acceptors (Lipinski definition) is 4. The summed E-state index contributed by atoms with van der Waals surface area (Å²) in [5.74, 6) is -1.03. The number of anilines is 1. The molecule has 0 saturated carbocycles. The van der Waals surface area contributed by atoms with Gasteiger partial charge >= 0.3 is 0 Å². The average molecular weight is 303 g/mol. The quantitative estimate of drug-likeness (QED) is 0.791. The van der Waals surface area contributed by atoms with E-state index in [0.717, 1.165) is 0 Å². The fourth-order valence-electron chi connectivity index (χ4n) is 1.85. The maximum absolute atomic E-state index is 13.4. The molecule has 0 radical (unpaired) electrons. The lowest BCUT2D eigenvalue weighted by molar-refractivity contribution is 0.102. The van der Waals surface area contributed by atoms with Gasteiger partial charge in [-0.05, 0) is 24.6 Å². The zero-order valence-electron chi connectivity index (χ0n) is 11.0. The molecule has 0 aliphatic heterocycles. The first-order valence-corrected chi connectivity index (χ1v) is 6.96. The molecule has 0 spiro atoms. The highest BCUT2D eigenvalue weighted by Crippen LogP contribution is 2.14. The molecule has 5 nitrogen and oxygen atoms in total. The summed E-state index contributed by atoms with van der Waals surface area (Å²) in [5.41, 5.74) is 0.227. The lowest BCUT2D eigenvalue weighted by atomic mass is 10.2. The largest absolute Gasteiger partial charge is 0.322 e. The summed E-state index contributed by atoms with van der Waals surface area (Å²) in [4.78, 5) is 28.8. The molecule has 1 N–H and O–H groups in total. The van der Waals surface area contributed by atoms with Crippen LogP contribution < -0.4 is 10.9 Å². The van der Waals surface area contributed by atoms with Crippen molar-refractivity contribution in [1.82, 2.24) is 9.38 Å². The van der Waals surface area contributed by atoms with E-state index in [0.29, 0.717) is 10.5 Å². The predicted molar refractivity (Wildman–Crippen MR) is 78.4 cm³/mol. The smallest absolute Gasteiger partial charge is 0.271 e. The maximum atomic E-state index is 13.4. The molecule has 0 aliphatic carbocycles. The highest BCUT2D eigenvalue weighted by atomic mass is 32.1. The van der Waals surface area contributed by atoms with Crippen molar-refractivity contribution in [3.05, 3.63) is 63.3 Å². The molecule has 3 rings (SSSR count). The Morgan fingerprint density at radius 2 is 2.24 bits per heavy atom. The second-order valence-corrected chi connectivity index (χ2v) is 5.32. The van der Waals surface area contributed by atoms with Gasteiger partial charge in [-0.2, -0.15) is 0 Å². The first kappa shape index (κ1) is 13.4. The highest BCUT2D eigenvalue weighted by Gasteiger charge is 2.14. The Labute approximate surface area is 122 Å². The monoisotopic (exact) mass is 303 g/mol. The zero-order valence-corrected chi connectivity index (χ0v) is 11.8. The van der Waals surface area contributed by atoms with Gasteiger partial charge in [0.1, 0.15) is 11.4 Å². The summed E-state index contributed by atoms with van der Waals surface area (Å²) < 4.78 is 14.8. The summed E-state index contributed by atoms with van der Waals surface area (Å²) in [7, 11) is 0. The van der Waals surface area contributed by atoms with Crippen molar-refractivity contribution < 1.29 is 9.18 Å². The third-order valence-corrected chi connectivity index (χ3v) is 3.79. The van der Waals surface area contributed by atoms with Gasteiger partial charge in [0.15, 0.2) is 4.96 Å². The Morgan fingerprint density at radius 3 is 3.00 bits per heavy atom. The van der Waals surface area contributed by atoms with Gasteiger partial charge in [-0.25, -0.2) is 9.37 Å². The summed E-state index contributed by atoms with van der Waals surface area (Å²) in [6.45, 7) is 1.63. The zero-order chi connectivity index (χ0) is 15.0. The minimum Gasteiger partial charge on any atom is -0.322 e. The van der Waals surface area contributed by atoms with Crippen LogP contribution in [-0.4, -0.2) is 15.3 Å². The minimum atomic E-state index is -0.614. The number of halogens is 1. The van der Waals surface area contributed by atoms with Crippen LogP contribution in [0.15, 0.2) is 40.8 Å². The fraction of sp³-hybridized carbons (Fsp3) is 0.0714. The van der Waals surface area contributed by atoms with Gasteiger partial charge in [-0.15, -0.1) is 11.3 Å². The van der Waals surface area contributed by atoms with E-state index >= 15 is 0 Å². The van der Waals surface area contributed by atoms with E-state index in [-0.39, 0.29) is 11.3 Å². The second-order valence-electron chi connectivity index (χ2n) is 4.45. The van der Waals surface area contributed by atoms with E-state index in [1.807, 2.05) is 0 Å². The van der Waals surface area contributed by atoms with E-state index in [4.69, 9.17) is 0 Å². The Morgan fingerprint density at radius 1 is 1.43 bits per heavy atom. The number of aryl methyl sites for hydroxylation is 1. The molecule has 1 aromatic carbocycles. The maximum Gasteiger partial charge on any atom is 0.271 e. The Bertz CT molecular complexity index is 901. The molecule has 0 aliphatic rings. The van der Waals surface area contributed by atoms with Gasteiger partial charge in [0.2, 0.25) is 0 Å². The van der Waals surface area contributed by atoms with Crippen LogP contribution >= 0.6 is 11.3 Å². The third kappa shape index (κ3) is 2.43. The van der Waals surface area contributed by atoms with Gasteiger partial charge in [0.25, 0.3) is 11.5 Å². The topological polar surface area (TPSA) is 63.5 Å². The predicted octanol–water partition coefficient (Wildman–Crippen LogP) is 2.46. The molecule has 3 aromatic rings. The van der Waals surface area contributed by atoms with Crippen molar-refractivity contribution in [3.8, 4) is 0 Å². The number of carbonyl (C=O) groups is 1. The molecule has 0 unspecified atom stereocenters. The minimum absolute atomic E-state index is 0.0908. The van der Waals surface area contributed by atoms with E-state index in [1.54, 1.807) is 30.6 Å². The number of nitrogens with zero attached hydrogens (tertiary/aromatic N) is 2. The molecular formula is C14H10FN3O2S. The Kier molecular flexibility index (Phi) is 3.26. The number of thiazole rings is 1. The Balaban J connectivity index is 1.95. The van der Waals surface area contributed by atoms with Gasteiger partial charge in [0, 0.05) is 23.5 Å². The molecular weight excluding hydrogens is 293 g/mol. The molecule has 0 fully saturated rings. The van der Waals surface area contributed by atoms with Crippen LogP contribution in [-0.2, 0) is 0 Å². The van der Waals surface area contributed by atoms with Crippen LogP contribution in [0.1, 0.15) is 15.9 Å². The summed E-state index contributed by atoms with van der Waals surface area (Å²) in [5, 5.41) is 4.20. The van der Waals surface area contributed by atoms with E-state index in [2.05, 4.69) is 10.3 Å². The Hall–Kier alpha value is -2.54. The highest BCUT2D eigenvalue weighted by molar-refractivity contribution is 7.15. The van der Waals surface area contributed by atoms with Crippen molar-refractivity contribution in [2.24, 2.45) is 0 Å². The molecule has 7 heteroatoms. The molecule has 21 heavy (non-hydrogen) atoms. The number of fused-ring (bicyclic) bond motifs is 1. The molecule has 2 heterocycles. The number of carbonyl (C=O) groups excluding carboxylic acids is 1. The van der Waals surface area contributed by atoms with E-state index < -0.39 is 17.3 Å². The van der Waals surface area contributed by atoms with E-state index in [9.17, 15) is 14.0 Å². The van der Waals surface area contributed by atoms with Crippen LogP contribution in [0.5, 0.6) is 0 Å². The first-order valence-electron chi connectivity index (χ1n) is 6.08. The van der Waals surface area contributed by atoms with Crippen LogP contribution in [0, 0.1) is 12.7 Å². The standard InChI is InChI=1S/C14H10FN3O2S/c1-8-2-3-9(6-11(8)15)17-12(19)10-7-16-14-18(13(10)20)4-5-21-14/h2-7H,1H3,(H,17,19). The molecule has 106 valence electrons. The molecule has 0 saturated heterocycles. The number of hydrogen-bond donors (Lipinski definition) is 1. The number of aromatic nitrogens is 2. The summed E-state index contributed by atoms with van der Waals surface area (Å²) in [6.07, 6.45) is 2.78. The summed E-state index contributed by atoms with van der Waals surface area (Å²) in [6, 6.07) is 4.34. The van der Waals surface area contributed by atoms with Crippen molar-refractivity contribution in [3.63, 3.8) is 0 Å². The molecule has 2 aromatic heterocycles. The molecule has 1 amide bonds. The first-order chi connectivity index (χ1) is 10.1. The van der Waals surface area contributed by atoms with Gasteiger partial charge in [0.05, 0.1) is 0 Å². The van der Waals surface area contributed by atoms with Crippen LogP contribution in [0.4, 0.5) is 10.1 Å². The molecule has 0 atom stereocenters. The third-order valence-electron chi connectivity index (χ3n) is 3.02. The fourth-order valence-corrected chi connectivity index (χ4v) is 2.52. The molecule has 0 bridgehead atoms. The van der Waals surface area contributed by atoms with Crippen molar-refractivity contribution >= 4 is 27.9 Å². The van der Waals surface area contributed by atoms with Gasteiger partial charge in [-0.3, -0.25) is 14.0 Å².